The molecule has 1 N–H and O–H groups in total. The third-order valence-electron chi connectivity index (χ3n) is 5.52. The second-order valence-corrected chi connectivity index (χ2v) is 7.58. The lowest BCUT2D eigenvalue weighted by Gasteiger charge is -2.28. The number of carbonyl (C=O) groups excluding carboxylic acids is 1. The van der Waals surface area contributed by atoms with E-state index >= 15 is 0 Å². The van der Waals surface area contributed by atoms with Crippen LogP contribution in [0.4, 0.5) is 0 Å². The van der Waals surface area contributed by atoms with Crippen molar-refractivity contribution < 1.29 is 18.7 Å². The van der Waals surface area contributed by atoms with Gasteiger partial charge in [0.15, 0.2) is 6.61 Å². The second-order valence-electron chi connectivity index (χ2n) is 7.58. The summed E-state index contributed by atoms with van der Waals surface area (Å²) in [5.41, 5.74) is 1.12. The van der Waals surface area contributed by atoms with Crippen molar-refractivity contribution in [3.8, 4) is 11.5 Å². The van der Waals surface area contributed by atoms with E-state index in [9.17, 15) is 9.59 Å². The molecule has 1 atom stereocenters. The first-order chi connectivity index (χ1) is 15.1. The highest BCUT2D eigenvalue weighted by Crippen LogP contribution is 2.27. The number of likely N-dealkylation sites (tertiary alicyclic amines) is 1. The first-order valence-corrected chi connectivity index (χ1v) is 10.4. The van der Waals surface area contributed by atoms with Crippen molar-refractivity contribution in [1.29, 1.82) is 0 Å². The number of ether oxygens (including phenoxy) is 2. The van der Waals surface area contributed by atoms with E-state index in [1.54, 1.807) is 31.4 Å². The zero-order valence-corrected chi connectivity index (χ0v) is 17.5. The fraction of sp³-hybridized carbons (Fsp3) is 0.333. The predicted molar refractivity (Wildman–Crippen MR) is 118 cm³/mol. The summed E-state index contributed by atoms with van der Waals surface area (Å²) in [5, 5.41) is 3.79. The van der Waals surface area contributed by atoms with Gasteiger partial charge in [-0.15, -0.1) is 0 Å². The van der Waals surface area contributed by atoms with Crippen LogP contribution in [0.1, 0.15) is 24.4 Å². The molecule has 3 aromatic rings. The monoisotopic (exact) mass is 422 g/mol. The molecule has 0 saturated carbocycles. The maximum absolute atomic E-state index is 12.5. The zero-order chi connectivity index (χ0) is 21.6. The van der Waals surface area contributed by atoms with E-state index in [1.807, 2.05) is 18.2 Å². The summed E-state index contributed by atoms with van der Waals surface area (Å²) in [6.07, 6.45) is 2.32. The molecule has 1 unspecified atom stereocenters. The molecular formula is C24H26N2O5. The number of methoxy groups -OCH3 is 1. The van der Waals surface area contributed by atoms with Crippen molar-refractivity contribution in [3.05, 3.63) is 70.6 Å². The number of carbonyl (C=O) groups is 1. The summed E-state index contributed by atoms with van der Waals surface area (Å²) in [7, 11) is 1.65. The fourth-order valence-electron chi connectivity index (χ4n) is 3.90. The molecule has 0 radical (unpaired) electrons. The van der Waals surface area contributed by atoms with Gasteiger partial charge in [0.1, 0.15) is 17.1 Å². The van der Waals surface area contributed by atoms with Gasteiger partial charge in [-0.3, -0.25) is 9.69 Å². The Balaban J connectivity index is 1.38. The van der Waals surface area contributed by atoms with Crippen LogP contribution in [0.3, 0.4) is 0 Å². The summed E-state index contributed by atoms with van der Waals surface area (Å²) >= 11 is 0. The molecule has 1 aliphatic heterocycles. The number of hydrogen-bond acceptors (Lipinski definition) is 6. The van der Waals surface area contributed by atoms with Crippen LogP contribution in [0.25, 0.3) is 11.0 Å². The van der Waals surface area contributed by atoms with Crippen LogP contribution >= 0.6 is 0 Å². The fourth-order valence-corrected chi connectivity index (χ4v) is 3.90. The molecule has 1 aromatic heterocycles. The van der Waals surface area contributed by atoms with Gasteiger partial charge in [0.2, 0.25) is 0 Å². The first kappa shape index (κ1) is 20.9. The second kappa shape index (κ2) is 9.66. The van der Waals surface area contributed by atoms with Gasteiger partial charge in [0, 0.05) is 24.1 Å². The van der Waals surface area contributed by atoms with E-state index in [0.717, 1.165) is 42.6 Å². The van der Waals surface area contributed by atoms with Crippen molar-refractivity contribution in [1.82, 2.24) is 10.2 Å². The molecule has 0 aliphatic carbocycles. The summed E-state index contributed by atoms with van der Waals surface area (Å²) in [4.78, 5) is 26.2. The highest BCUT2D eigenvalue weighted by atomic mass is 16.5. The summed E-state index contributed by atoms with van der Waals surface area (Å²) in [6.45, 7) is 2.39. The lowest BCUT2D eigenvalue weighted by molar-refractivity contribution is -0.123. The van der Waals surface area contributed by atoms with E-state index in [0.29, 0.717) is 17.9 Å². The van der Waals surface area contributed by atoms with E-state index in [1.165, 1.54) is 6.07 Å². The summed E-state index contributed by atoms with van der Waals surface area (Å²) < 4.78 is 16.1. The maximum atomic E-state index is 12.5. The van der Waals surface area contributed by atoms with E-state index < -0.39 is 5.63 Å². The molecule has 31 heavy (non-hydrogen) atoms. The van der Waals surface area contributed by atoms with Crippen LogP contribution in [0, 0.1) is 0 Å². The largest absolute Gasteiger partial charge is 0.497 e. The Hall–Kier alpha value is -3.32. The molecule has 1 fully saturated rings. The third kappa shape index (κ3) is 5.24. The van der Waals surface area contributed by atoms with E-state index in [-0.39, 0.29) is 18.6 Å². The maximum Gasteiger partial charge on any atom is 0.336 e. The average Bonchev–Trinajstić information content (AvgIpc) is 3.32. The van der Waals surface area contributed by atoms with Crippen molar-refractivity contribution in [2.45, 2.75) is 18.9 Å². The number of hydrogen-bond donors (Lipinski definition) is 1. The Morgan fingerprint density at radius 3 is 2.71 bits per heavy atom. The molecule has 4 rings (SSSR count). The number of rotatable bonds is 8. The van der Waals surface area contributed by atoms with Gasteiger partial charge < -0.3 is 19.2 Å². The summed E-state index contributed by atoms with van der Waals surface area (Å²) in [6, 6.07) is 16.3. The first-order valence-electron chi connectivity index (χ1n) is 10.4. The smallest absolute Gasteiger partial charge is 0.336 e. The Morgan fingerprint density at radius 2 is 1.90 bits per heavy atom. The molecule has 1 saturated heterocycles. The standard InChI is InChI=1S/C24H26N2O5/c1-29-19-6-4-5-18(13-19)21(26-11-2-3-12-26)15-25-23(27)16-30-20-9-7-17-8-10-24(28)31-22(17)14-20/h4-10,13-14,21H,2-3,11-12,15-16H2,1H3,(H,25,27). The van der Waals surface area contributed by atoms with Crippen LogP contribution in [-0.2, 0) is 4.79 Å². The van der Waals surface area contributed by atoms with Crippen molar-refractivity contribution in [3.63, 3.8) is 0 Å². The molecule has 0 spiro atoms. The lowest BCUT2D eigenvalue weighted by atomic mass is 10.0. The molecule has 1 amide bonds. The zero-order valence-electron chi connectivity index (χ0n) is 17.5. The molecule has 2 aromatic carbocycles. The quantitative estimate of drug-likeness (QED) is 0.562. The highest BCUT2D eigenvalue weighted by molar-refractivity contribution is 5.79. The minimum atomic E-state index is -0.423. The number of benzene rings is 2. The van der Waals surface area contributed by atoms with Crippen LogP contribution in [-0.4, -0.2) is 44.2 Å². The van der Waals surface area contributed by atoms with Crippen LogP contribution in [0.5, 0.6) is 11.5 Å². The SMILES string of the molecule is COc1cccc(C(CNC(=O)COc2ccc3ccc(=O)oc3c2)N2CCCC2)c1. The third-order valence-corrected chi connectivity index (χ3v) is 5.52. The number of nitrogens with zero attached hydrogens (tertiary/aromatic N) is 1. The molecular weight excluding hydrogens is 396 g/mol. The van der Waals surface area contributed by atoms with Gasteiger partial charge in [-0.25, -0.2) is 4.79 Å². The Labute approximate surface area is 180 Å². The van der Waals surface area contributed by atoms with E-state index in [2.05, 4.69) is 16.3 Å². The number of nitrogens with one attached hydrogen (secondary N) is 1. The normalized spacial score (nSPS) is 15.0. The lowest BCUT2D eigenvalue weighted by Crippen LogP contribution is -2.38. The van der Waals surface area contributed by atoms with Crippen molar-refractivity contribution in [2.24, 2.45) is 0 Å². The number of fused-ring (bicyclic) bond motifs is 1. The van der Waals surface area contributed by atoms with Crippen LogP contribution in [0.2, 0.25) is 0 Å². The molecule has 162 valence electrons. The Morgan fingerprint density at radius 1 is 1.10 bits per heavy atom. The molecule has 0 bridgehead atoms. The van der Waals surface area contributed by atoms with E-state index in [4.69, 9.17) is 13.9 Å². The molecule has 2 heterocycles. The van der Waals surface area contributed by atoms with Gasteiger partial charge in [-0.05, 0) is 61.8 Å². The topological polar surface area (TPSA) is 81.0 Å². The number of amides is 1. The molecule has 1 aliphatic rings. The minimum absolute atomic E-state index is 0.0801. The highest BCUT2D eigenvalue weighted by Gasteiger charge is 2.24. The van der Waals surface area contributed by atoms with Gasteiger partial charge in [-0.1, -0.05) is 12.1 Å². The van der Waals surface area contributed by atoms with Gasteiger partial charge >= 0.3 is 5.63 Å². The van der Waals surface area contributed by atoms with Crippen LogP contribution in [0.15, 0.2) is 63.8 Å². The minimum Gasteiger partial charge on any atom is -0.497 e. The van der Waals surface area contributed by atoms with Crippen molar-refractivity contribution >= 4 is 16.9 Å². The predicted octanol–water partition coefficient (Wildman–Crippen LogP) is 3.13. The summed E-state index contributed by atoms with van der Waals surface area (Å²) in [5.74, 6) is 1.07. The Kier molecular flexibility index (Phi) is 6.52. The average molecular weight is 422 g/mol. The Bertz CT molecular complexity index is 1100. The molecule has 7 heteroatoms. The van der Waals surface area contributed by atoms with Gasteiger partial charge in [-0.2, -0.15) is 0 Å². The van der Waals surface area contributed by atoms with Crippen LogP contribution < -0.4 is 20.4 Å². The van der Waals surface area contributed by atoms with Gasteiger partial charge in [0.25, 0.3) is 5.91 Å². The van der Waals surface area contributed by atoms with Crippen molar-refractivity contribution in [2.75, 3.05) is 33.4 Å². The molecule has 7 nitrogen and oxygen atoms in total. The van der Waals surface area contributed by atoms with Gasteiger partial charge in [0.05, 0.1) is 13.2 Å².